The maximum absolute atomic E-state index is 12.6. The number of carbonyl (C=O) groups excluding carboxylic acids is 4. The summed E-state index contributed by atoms with van der Waals surface area (Å²) in [5.74, 6) is -2.10. The second-order valence-corrected chi connectivity index (χ2v) is 7.76. The van der Waals surface area contributed by atoms with Crippen LogP contribution >= 0.6 is 0 Å². The van der Waals surface area contributed by atoms with Crippen LogP contribution in [0.15, 0.2) is 18.2 Å². The molecule has 0 spiro atoms. The minimum Gasteiger partial charge on any atom is -0.491 e. The van der Waals surface area contributed by atoms with E-state index in [9.17, 15) is 23.4 Å². The average Bonchev–Trinajstić information content (AvgIpc) is 2.82. The van der Waals surface area contributed by atoms with Gasteiger partial charge in [0.2, 0.25) is 11.8 Å². The van der Waals surface area contributed by atoms with Gasteiger partial charge in [-0.05, 0) is 28.8 Å². The van der Waals surface area contributed by atoms with Gasteiger partial charge in [-0.2, -0.15) is 4.55 Å². The lowest BCUT2D eigenvalue weighted by atomic mass is 10.0. The largest absolute Gasteiger partial charge is 0.491 e. The first-order valence-electron chi connectivity index (χ1n) is 8.02. The standard InChI is InChI=1S/C16H16N2O8S/c1-27(23,24)26-7-6-25-9-2-3-10-11(8-9)16(22)18(15(10)21)12-4-5-13(19)17-14(12)20/h2-3,8,12H,4-7H2,1H3,(H-,17,19,20,23,24)/p+1. The Bertz CT molecular complexity index is 877. The summed E-state index contributed by atoms with van der Waals surface area (Å²) >= 11 is 0. The first kappa shape index (κ1) is 19.1. The van der Waals surface area contributed by atoms with Crippen LogP contribution in [-0.4, -0.2) is 58.6 Å². The third kappa shape index (κ3) is 4.04. The van der Waals surface area contributed by atoms with E-state index in [1.807, 2.05) is 0 Å². The SMILES string of the molecule is C[S+](=O)(O)OCCOc1ccc2c(c1)C(=O)N(C1CCC(=O)NC1=O)C2=O. The summed E-state index contributed by atoms with van der Waals surface area (Å²) in [4.78, 5) is 49.3. The molecule has 0 radical (unpaired) electrons. The lowest BCUT2D eigenvalue weighted by Crippen LogP contribution is -2.54. The Morgan fingerprint density at radius 3 is 2.56 bits per heavy atom. The van der Waals surface area contributed by atoms with Crippen molar-refractivity contribution in [2.75, 3.05) is 19.5 Å². The summed E-state index contributed by atoms with van der Waals surface area (Å²) in [6.45, 7) is -0.179. The molecule has 2 aliphatic rings. The van der Waals surface area contributed by atoms with Crippen LogP contribution in [0.2, 0.25) is 0 Å². The Hall–Kier alpha value is -2.63. The molecule has 0 bridgehead atoms. The Morgan fingerprint density at radius 1 is 1.19 bits per heavy atom. The maximum atomic E-state index is 12.6. The van der Waals surface area contributed by atoms with E-state index in [1.165, 1.54) is 18.2 Å². The van der Waals surface area contributed by atoms with Gasteiger partial charge in [-0.3, -0.25) is 29.4 Å². The zero-order valence-electron chi connectivity index (χ0n) is 14.3. The lowest BCUT2D eigenvalue weighted by molar-refractivity contribution is -0.136. The number of piperidine rings is 1. The highest BCUT2D eigenvalue weighted by Gasteiger charge is 2.44. The predicted octanol–water partition coefficient (Wildman–Crippen LogP) is 0.000500. The number of imide groups is 2. The molecule has 0 aromatic heterocycles. The molecular formula is C16H17N2O8S+. The number of fused-ring (bicyclic) bond motifs is 1. The van der Waals surface area contributed by atoms with Gasteiger partial charge in [-0.25, -0.2) is 0 Å². The molecule has 2 heterocycles. The van der Waals surface area contributed by atoms with Crippen molar-refractivity contribution in [1.82, 2.24) is 10.2 Å². The fraction of sp³-hybridized carbons (Fsp3) is 0.375. The number of amides is 4. The number of rotatable bonds is 6. The molecule has 0 saturated carbocycles. The number of nitrogens with zero attached hydrogens (tertiary/aromatic N) is 1. The monoisotopic (exact) mass is 397 g/mol. The molecule has 1 saturated heterocycles. The van der Waals surface area contributed by atoms with Gasteiger partial charge in [0.1, 0.15) is 25.0 Å². The molecule has 11 heteroatoms. The molecule has 2 aliphatic heterocycles. The van der Waals surface area contributed by atoms with Crippen LogP contribution < -0.4 is 10.1 Å². The number of benzene rings is 1. The Morgan fingerprint density at radius 2 is 1.89 bits per heavy atom. The summed E-state index contributed by atoms with van der Waals surface area (Å²) in [7, 11) is -3.33. The third-order valence-electron chi connectivity index (χ3n) is 4.07. The van der Waals surface area contributed by atoms with E-state index in [0.717, 1.165) is 11.2 Å². The first-order valence-corrected chi connectivity index (χ1v) is 9.86. The predicted molar refractivity (Wildman–Crippen MR) is 91.2 cm³/mol. The smallest absolute Gasteiger partial charge is 0.350 e. The Labute approximate surface area is 155 Å². The van der Waals surface area contributed by atoms with E-state index in [4.69, 9.17) is 9.29 Å². The quantitative estimate of drug-likeness (QED) is 0.388. The van der Waals surface area contributed by atoms with E-state index in [0.29, 0.717) is 0 Å². The fourth-order valence-electron chi connectivity index (χ4n) is 2.89. The molecule has 2 N–H and O–H groups in total. The summed E-state index contributed by atoms with van der Waals surface area (Å²) < 4.78 is 30.0. The molecular weight excluding hydrogens is 380 g/mol. The van der Waals surface area contributed by atoms with Crippen molar-refractivity contribution in [1.29, 1.82) is 0 Å². The number of hydrogen-bond acceptors (Lipinski definition) is 7. The highest BCUT2D eigenvalue weighted by molar-refractivity contribution is 7.92. The van der Waals surface area contributed by atoms with Crippen LogP contribution in [0.25, 0.3) is 0 Å². The third-order valence-corrected chi connectivity index (χ3v) is 4.67. The summed E-state index contributed by atoms with van der Waals surface area (Å²) in [6.07, 6.45) is 1.15. The van der Waals surface area contributed by atoms with E-state index in [-0.39, 0.29) is 42.9 Å². The van der Waals surface area contributed by atoms with Crippen molar-refractivity contribution in [3.63, 3.8) is 0 Å². The highest BCUT2D eigenvalue weighted by Crippen LogP contribution is 2.30. The molecule has 10 nitrogen and oxygen atoms in total. The van der Waals surface area contributed by atoms with Gasteiger partial charge in [0.05, 0.1) is 11.1 Å². The van der Waals surface area contributed by atoms with Gasteiger partial charge >= 0.3 is 10.5 Å². The van der Waals surface area contributed by atoms with Crippen molar-refractivity contribution in [3.05, 3.63) is 29.3 Å². The Balaban J connectivity index is 1.72. The molecule has 1 fully saturated rings. The van der Waals surface area contributed by atoms with Crippen molar-refractivity contribution in [3.8, 4) is 5.75 Å². The first-order chi connectivity index (χ1) is 12.7. The second kappa shape index (κ2) is 7.18. The van der Waals surface area contributed by atoms with E-state index < -0.39 is 40.2 Å². The number of ether oxygens (including phenoxy) is 1. The van der Waals surface area contributed by atoms with Crippen molar-refractivity contribution in [2.45, 2.75) is 18.9 Å². The summed E-state index contributed by atoms with van der Waals surface area (Å²) in [5, 5.41) is 2.13. The number of carbonyl (C=O) groups is 4. The van der Waals surface area contributed by atoms with Gasteiger partial charge in [0.25, 0.3) is 11.8 Å². The molecule has 144 valence electrons. The minimum absolute atomic E-state index is 0.0385. The van der Waals surface area contributed by atoms with E-state index >= 15 is 0 Å². The zero-order chi connectivity index (χ0) is 19.8. The normalized spacial score (nSPS) is 21.7. The minimum atomic E-state index is -3.33. The molecule has 27 heavy (non-hydrogen) atoms. The van der Waals surface area contributed by atoms with Gasteiger partial charge in [0.15, 0.2) is 6.26 Å². The van der Waals surface area contributed by atoms with Crippen LogP contribution in [0.5, 0.6) is 5.75 Å². The Kier molecular flexibility index (Phi) is 5.09. The van der Waals surface area contributed by atoms with Crippen molar-refractivity contribution < 1.29 is 36.9 Å². The van der Waals surface area contributed by atoms with Crippen LogP contribution in [0.4, 0.5) is 0 Å². The average molecular weight is 397 g/mol. The van der Waals surface area contributed by atoms with Crippen LogP contribution in [-0.2, 0) is 28.5 Å². The maximum Gasteiger partial charge on any atom is 0.350 e. The van der Waals surface area contributed by atoms with Gasteiger partial charge in [-0.15, -0.1) is 4.18 Å². The summed E-state index contributed by atoms with van der Waals surface area (Å²) in [6, 6.07) is 3.21. The van der Waals surface area contributed by atoms with E-state index in [1.54, 1.807) is 0 Å². The van der Waals surface area contributed by atoms with Gasteiger partial charge in [0, 0.05) is 6.42 Å². The lowest BCUT2D eigenvalue weighted by Gasteiger charge is -2.27. The molecule has 2 unspecified atom stereocenters. The molecule has 0 aliphatic carbocycles. The van der Waals surface area contributed by atoms with Gasteiger partial charge < -0.3 is 4.74 Å². The van der Waals surface area contributed by atoms with Crippen LogP contribution in [0.3, 0.4) is 0 Å². The topological polar surface area (TPSA) is 139 Å². The zero-order valence-corrected chi connectivity index (χ0v) is 15.1. The van der Waals surface area contributed by atoms with Crippen molar-refractivity contribution in [2.24, 2.45) is 0 Å². The van der Waals surface area contributed by atoms with Crippen LogP contribution in [0.1, 0.15) is 33.6 Å². The molecule has 4 amide bonds. The highest BCUT2D eigenvalue weighted by atomic mass is 32.3. The van der Waals surface area contributed by atoms with Gasteiger partial charge in [-0.1, -0.05) is 0 Å². The fourth-order valence-corrected chi connectivity index (χ4v) is 3.27. The molecule has 1 aromatic carbocycles. The molecule has 3 rings (SSSR count). The summed E-state index contributed by atoms with van der Waals surface area (Å²) in [5.41, 5.74) is 0.227. The number of hydrogen-bond donors (Lipinski definition) is 2. The van der Waals surface area contributed by atoms with E-state index in [2.05, 4.69) is 9.50 Å². The van der Waals surface area contributed by atoms with Crippen molar-refractivity contribution >= 4 is 34.1 Å². The second-order valence-electron chi connectivity index (χ2n) is 6.06. The number of nitrogens with one attached hydrogen (secondary N) is 1. The molecule has 1 aromatic rings. The van der Waals surface area contributed by atoms with Crippen LogP contribution in [0, 0.1) is 0 Å². The molecule has 2 atom stereocenters.